The molecule has 0 fully saturated rings. The van der Waals surface area contributed by atoms with Crippen molar-refractivity contribution in [3.05, 3.63) is 0 Å². The van der Waals surface area contributed by atoms with Gasteiger partial charge in [-0.2, -0.15) is 0 Å². The fraction of sp³-hybridized carbons (Fsp3) is 0.500. The van der Waals surface area contributed by atoms with Gasteiger partial charge in [-0.3, -0.25) is 9.59 Å². The summed E-state index contributed by atoms with van der Waals surface area (Å²) >= 11 is 0. The molecule has 6 N–H and O–H groups in total. The van der Waals surface area contributed by atoms with Crippen molar-refractivity contribution in [1.29, 1.82) is 0 Å². The number of carbonyl (C=O) groups is 2. The molecule has 0 saturated heterocycles. The summed E-state index contributed by atoms with van der Waals surface area (Å²) in [5, 5.41) is 16.0. The molecule has 0 amide bonds. The molecule has 6 heteroatoms. The molecular formula is C4H9NO5. The largest absolute Gasteiger partial charge is 0.481 e. The number of aliphatic carboxylic acids is 2. The zero-order valence-electron chi connectivity index (χ0n) is 5.07. The third-order valence-electron chi connectivity index (χ3n) is 0.712. The molecule has 0 aromatic heterocycles. The van der Waals surface area contributed by atoms with Crippen LogP contribution in [0.25, 0.3) is 0 Å². The predicted octanol–water partition coefficient (Wildman–Crippen LogP) is -1.95. The topological polar surface area (TPSA) is 132 Å². The minimum absolute atomic E-state index is 0. The van der Waals surface area contributed by atoms with Crippen molar-refractivity contribution in [2.75, 3.05) is 0 Å². The molecule has 0 aliphatic carbocycles. The minimum atomic E-state index is -1.29. The molecule has 0 bridgehead atoms. The van der Waals surface area contributed by atoms with E-state index >= 15 is 0 Å². The molecule has 0 heterocycles. The van der Waals surface area contributed by atoms with Crippen LogP contribution in [-0.4, -0.2) is 33.7 Å². The fourth-order valence-corrected chi connectivity index (χ4v) is 0.275. The maximum absolute atomic E-state index is 9.85. The Morgan fingerprint density at radius 2 is 1.80 bits per heavy atom. The molecule has 6 nitrogen and oxygen atoms in total. The summed E-state index contributed by atoms with van der Waals surface area (Å²) < 4.78 is 0. The van der Waals surface area contributed by atoms with Gasteiger partial charge in [-0.15, -0.1) is 0 Å². The van der Waals surface area contributed by atoms with Gasteiger partial charge in [0.05, 0.1) is 6.42 Å². The lowest BCUT2D eigenvalue weighted by molar-refractivity contribution is -0.144. The lowest BCUT2D eigenvalue weighted by Crippen LogP contribution is -2.32. The third-order valence-corrected chi connectivity index (χ3v) is 0.712. The maximum Gasteiger partial charge on any atom is 0.321 e. The second kappa shape index (κ2) is 4.71. The second-order valence-corrected chi connectivity index (χ2v) is 1.54. The van der Waals surface area contributed by atoms with E-state index in [2.05, 4.69) is 0 Å². The summed E-state index contributed by atoms with van der Waals surface area (Å²) in [7, 11) is 0. The van der Waals surface area contributed by atoms with Crippen LogP contribution in [0.1, 0.15) is 6.42 Å². The Bertz CT molecular complexity index is 134. The maximum atomic E-state index is 9.85. The van der Waals surface area contributed by atoms with Crippen molar-refractivity contribution in [3.8, 4) is 0 Å². The van der Waals surface area contributed by atoms with Gasteiger partial charge in [0.1, 0.15) is 6.04 Å². The monoisotopic (exact) mass is 151 g/mol. The van der Waals surface area contributed by atoms with Crippen LogP contribution in [0.15, 0.2) is 0 Å². The average Bonchev–Trinajstić information content (AvgIpc) is 1.63. The van der Waals surface area contributed by atoms with Gasteiger partial charge in [0, 0.05) is 0 Å². The Morgan fingerprint density at radius 1 is 1.40 bits per heavy atom. The molecule has 1 atom stereocenters. The number of hydrogen-bond acceptors (Lipinski definition) is 3. The Labute approximate surface area is 56.6 Å². The van der Waals surface area contributed by atoms with E-state index in [1.807, 2.05) is 0 Å². The average molecular weight is 151 g/mol. The van der Waals surface area contributed by atoms with Crippen LogP contribution in [0.2, 0.25) is 0 Å². The highest BCUT2D eigenvalue weighted by molar-refractivity contribution is 5.80. The van der Waals surface area contributed by atoms with Crippen LogP contribution in [-0.2, 0) is 9.59 Å². The molecule has 0 unspecified atom stereocenters. The van der Waals surface area contributed by atoms with Crippen molar-refractivity contribution in [2.24, 2.45) is 5.73 Å². The highest BCUT2D eigenvalue weighted by Crippen LogP contribution is 1.86. The number of hydrogen-bond donors (Lipinski definition) is 3. The molecule has 0 rings (SSSR count). The van der Waals surface area contributed by atoms with Crippen LogP contribution in [0.5, 0.6) is 0 Å². The quantitative estimate of drug-likeness (QED) is 0.431. The normalized spacial score (nSPS) is 11.3. The molecule has 0 aliphatic rings. The van der Waals surface area contributed by atoms with E-state index in [9.17, 15) is 9.59 Å². The summed E-state index contributed by atoms with van der Waals surface area (Å²) in [5.41, 5.74) is 4.84. The van der Waals surface area contributed by atoms with E-state index in [4.69, 9.17) is 15.9 Å². The molecule has 0 aromatic rings. The van der Waals surface area contributed by atoms with Crippen molar-refractivity contribution >= 4 is 11.9 Å². The summed E-state index contributed by atoms with van der Waals surface area (Å²) in [6.07, 6.45) is -0.532. The van der Waals surface area contributed by atoms with E-state index < -0.39 is 24.4 Å². The standard InChI is InChI=1S/C4H7NO4.H2O/c5-2(4(8)9)1-3(6)7;/h2H,1,5H2,(H,6,7)(H,8,9);1H2/t2-;/m0./s1. The zero-order valence-corrected chi connectivity index (χ0v) is 5.07. The smallest absolute Gasteiger partial charge is 0.321 e. The SMILES string of the molecule is N[C@@H](CC(=O)O)C(=O)O.O. The summed E-state index contributed by atoms with van der Waals surface area (Å²) in [5.74, 6) is -2.50. The van der Waals surface area contributed by atoms with E-state index in [1.165, 1.54) is 0 Å². The van der Waals surface area contributed by atoms with E-state index in [0.717, 1.165) is 0 Å². The Balaban J connectivity index is 0. The van der Waals surface area contributed by atoms with E-state index in [-0.39, 0.29) is 5.48 Å². The van der Waals surface area contributed by atoms with Crippen LogP contribution < -0.4 is 5.73 Å². The molecule has 0 radical (unpaired) electrons. The van der Waals surface area contributed by atoms with E-state index in [1.54, 1.807) is 0 Å². The molecular weight excluding hydrogens is 142 g/mol. The Hall–Kier alpha value is -1.14. The fourth-order valence-electron chi connectivity index (χ4n) is 0.275. The summed E-state index contributed by atoms with van der Waals surface area (Å²) in [6, 6.07) is -1.29. The first-order valence-corrected chi connectivity index (χ1v) is 2.24. The predicted molar refractivity (Wildman–Crippen MR) is 31.5 cm³/mol. The van der Waals surface area contributed by atoms with Crippen molar-refractivity contribution in [1.82, 2.24) is 0 Å². The lowest BCUT2D eigenvalue weighted by Gasteiger charge is -1.99. The Kier molecular flexibility index (Phi) is 5.48. The summed E-state index contributed by atoms with van der Waals surface area (Å²) in [6.45, 7) is 0. The van der Waals surface area contributed by atoms with Gasteiger partial charge in [0.15, 0.2) is 0 Å². The highest BCUT2D eigenvalue weighted by Gasteiger charge is 2.14. The van der Waals surface area contributed by atoms with E-state index in [0.29, 0.717) is 0 Å². The van der Waals surface area contributed by atoms with Gasteiger partial charge >= 0.3 is 11.9 Å². The van der Waals surface area contributed by atoms with Crippen molar-refractivity contribution in [2.45, 2.75) is 12.5 Å². The molecule has 0 aromatic carbocycles. The Morgan fingerprint density at radius 3 is 1.90 bits per heavy atom. The number of rotatable bonds is 3. The molecule has 60 valence electrons. The van der Waals surface area contributed by atoms with Gasteiger partial charge in [-0.05, 0) is 0 Å². The van der Waals surface area contributed by atoms with Gasteiger partial charge in [0.2, 0.25) is 0 Å². The number of carboxylic acid groups (broad SMARTS) is 2. The molecule has 0 aliphatic heterocycles. The zero-order chi connectivity index (χ0) is 7.44. The first kappa shape index (κ1) is 11.6. The van der Waals surface area contributed by atoms with Gasteiger partial charge in [-0.1, -0.05) is 0 Å². The molecule has 0 saturated carbocycles. The van der Waals surface area contributed by atoms with Gasteiger partial charge < -0.3 is 21.4 Å². The van der Waals surface area contributed by atoms with Crippen molar-refractivity contribution in [3.63, 3.8) is 0 Å². The third kappa shape index (κ3) is 5.01. The first-order valence-electron chi connectivity index (χ1n) is 2.24. The molecule has 0 spiro atoms. The summed E-state index contributed by atoms with van der Waals surface area (Å²) in [4.78, 5) is 19.6. The lowest BCUT2D eigenvalue weighted by atomic mass is 10.2. The number of nitrogens with two attached hydrogens (primary N) is 1. The van der Waals surface area contributed by atoms with Crippen LogP contribution in [0.4, 0.5) is 0 Å². The number of carboxylic acids is 2. The van der Waals surface area contributed by atoms with Crippen LogP contribution in [0, 0.1) is 0 Å². The second-order valence-electron chi connectivity index (χ2n) is 1.54. The van der Waals surface area contributed by atoms with Crippen LogP contribution >= 0.6 is 0 Å². The van der Waals surface area contributed by atoms with Gasteiger partial charge in [0.25, 0.3) is 0 Å². The van der Waals surface area contributed by atoms with Crippen molar-refractivity contribution < 1.29 is 25.3 Å². The first-order chi connectivity index (χ1) is 4.04. The highest BCUT2D eigenvalue weighted by atomic mass is 16.4. The molecule has 10 heavy (non-hydrogen) atoms. The van der Waals surface area contributed by atoms with Gasteiger partial charge in [-0.25, -0.2) is 0 Å². The minimum Gasteiger partial charge on any atom is -0.481 e. The van der Waals surface area contributed by atoms with Crippen LogP contribution in [0.3, 0.4) is 0 Å².